The average molecular weight is 457 g/mol. The van der Waals surface area contributed by atoms with Gasteiger partial charge in [0.2, 0.25) is 0 Å². The molecule has 7 heteroatoms. The number of rotatable bonds is 15. The Hall–Kier alpha value is -3.19. The lowest BCUT2D eigenvalue weighted by Crippen LogP contribution is -2.29. The van der Waals surface area contributed by atoms with Gasteiger partial charge in [-0.1, -0.05) is 60.7 Å². The zero-order chi connectivity index (χ0) is 23.7. The van der Waals surface area contributed by atoms with E-state index >= 15 is 0 Å². The molecule has 7 nitrogen and oxygen atoms in total. The zero-order valence-electron chi connectivity index (χ0n) is 19.1. The number of hydrogen-bond donors (Lipinski definition) is 0. The number of benzene rings is 2. The predicted molar refractivity (Wildman–Crippen MR) is 122 cm³/mol. The van der Waals surface area contributed by atoms with Gasteiger partial charge in [0.1, 0.15) is 19.3 Å². The monoisotopic (exact) mass is 456 g/mol. The van der Waals surface area contributed by atoms with Crippen LogP contribution in [0.4, 0.5) is 0 Å². The summed E-state index contributed by atoms with van der Waals surface area (Å²) in [4.78, 5) is 35.1. The molecule has 0 aromatic heterocycles. The lowest BCUT2D eigenvalue weighted by atomic mass is 10.1. The largest absolute Gasteiger partial charge is 0.463 e. The van der Waals surface area contributed by atoms with E-state index in [2.05, 4.69) is 0 Å². The van der Waals surface area contributed by atoms with Crippen molar-refractivity contribution in [2.75, 3.05) is 20.0 Å². The molecule has 0 heterocycles. The highest BCUT2D eigenvalue weighted by Gasteiger charge is 2.16. The lowest BCUT2D eigenvalue weighted by Gasteiger charge is -2.18. The summed E-state index contributed by atoms with van der Waals surface area (Å²) < 4.78 is 20.7. The van der Waals surface area contributed by atoms with E-state index in [-0.39, 0.29) is 44.8 Å². The highest BCUT2D eigenvalue weighted by molar-refractivity contribution is 5.70. The highest BCUT2D eigenvalue weighted by Crippen LogP contribution is 2.08. The van der Waals surface area contributed by atoms with Gasteiger partial charge < -0.3 is 18.9 Å². The van der Waals surface area contributed by atoms with Crippen molar-refractivity contribution in [1.29, 1.82) is 0 Å². The van der Waals surface area contributed by atoms with Crippen LogP contribution in [0, 0.1) is 0 Å². The van der Waals surface area contributed by atoms with E-state index < -0.39 is 12.1 Å². The van der Waals surface area contributed by atoms with Gasteiger partial charge in [-0.25, -0.2) is 0 Å². The number of carbonyl (C=O) groups is 3. The van der Waals surface area contributed by atoms with Crippen LogP contribution < -0.4 is 0 Å². The quantitative estimate of drug-likeness (QED) is 0.227. The first-order valence-electron chi connectivity index (χ1n) is 11.2. The third-order valence-corrected chi connectivity index (χ3v) is 4.80. The molecule has 2 rings (SSSR count). The van der Waals surface area contributed by atoms with Crippen LogP contribution in [0.5, 0.6) is 0 Å². The van der Waals surface area contributed by atoms with Crippen LogP contribution in [0.3, 0.4) is 0 Å². The molecule has 0 N–H and O–H groups in total. The number of aryl methyl sites for hydroxylation is 2. The Bertz CT molecular complexity index is 775. The Balaban J connectivity index is 1.68. The second-order valence-corrected chi connectivity index (χ2v) is 7.59. The average Bonchev–Trinajstić information content (AvgIpc) is 2.81. The Morgan fingerprint density at radius 2 is 1.15 bits per heavy atom. The van der Waals surface area contributed by atoms with Crippen LogP contribution in [-0.4, -0.2) is 44.0 Å². The van der Waals surface area contributed by atoms with Gasteiger partial charge in [0, 0.05) is 19.8 Å². The van der Waals surface area contributed by atoms with E-state index in [0.29, 0.717) is 12.8 Å². The van der Waals surface area contributed by atoms with E-state index in [9.17, 15) is 14.4 Å². The van der Waals surface area contributed by atoms with Gasteiger partial charge in [-0.05, 0) is 36.8 Å². The summed E-state index contributed by atoms with van der Waals surface area (Å²) in [6.45, 7) is 0.764. The summed E-state index contributed by atoms with van der Waals surface area (Å²) >= 11 is 0. The van der Waals surface area contributed by atoms with Crippen LogP contribution in [0.2, 0.25) is 0 Å². The normalized spacial score (nSPS) is 10.6. The Labute approximate surface area is 195 Å². The summed E-state index contributed by atoms with van der Waals surface area (Å²) in [7, 11) is 0. The van der Waals surface area contributed by atoms with Gasteiger partial charge in [0.25, 0.3) is 0 Å². The van der Waals surface area contributed by atoms with Crippen molar-refractivity contribution >= 4 is 17.9 Å². The predicted octanol–water partition coefficient (Wildman–Crippen LogP) is 4.02. The molecular formula is C26H32O7. The molecule has 2 aromatic rings. The minimum Gasteiger partial charge on any atom is -0.463 e. The van der Waals surface area contributed by atoms with E-state index in [0.717, 1.165) is 24.0 Å². The van der Waals surface area contributed by atoms with Crippen molar-refractivity contribution in [2.24, 2.45) is 0 Å². The molecule has 0 unspecified atom stereocenters. The lowest BCUT2D eigenvalue weighted by molar-refractivity contribution is -0.174. The molecule has 0 aliphatic heterocycles. The first kappa shape index (κ1) is 26.1. The molecule has 0 amide bonds. The molecule has 0 aliphatic carbocycles. The van der Waals surface area contributed by atoms with E-state index in [1.54, 1.807) is 0 Å². The zero-order valence-corrected chi connectivity index (χ0v) is 19.1. The number of ether oxygens (including phenoxy) is 4. The SMILES string of the molecule is CC(=O)OCOC(COC(=O)CCCc1ccccc1)COC(=O)CCCc1ccccc1. The van der Waals surface area contributed by atoms with Gasteiger partial charge in [-0.15, -0.1) is 0 Å². The molecule has 178 valence electrons. The van der Waals surface area contributed by atoms with Crippen molar-refractivity contribution in [3.8, 4) is 0 Å². The summed E-state index contributed by atoms with van der Waals surface area (Å²) in [6, 6.07) is 19.8. The summed E-state index contributed by atoms with van der Waals surface area (Å²) in [6.07, 6.45) is 2.71. The molecule has 0 bridgehead atoms. The Morgan fingerprint density at radius 1 is 0.697 bits per heavy atom. The number of esters is 3. The van der Waals surface area contributed by atoms with Crippen LogP contribution in [0.1, 0.15) is 43.7 Å². The minimum atomic E-state index is -0.722. The second kappa shape index (κ2) is 15.6. The van der Waals surface area contributed by atoms with Crippen LogP contribution in [-0.2, 0) is 46.2 Å². The summed E-state index contributed by atoms with van der Waals surface area (Å²) in [5, 5.41) is 0. The molecule has 0 saturated heterocycles. The number of hydrogen-bond acceptors (Lipinski definition) is 7. The maximum Gasteiger partial charge on any atom is 0.305 e. The molecule has 0 radical (unpaired) electrons. The van der Waals surface area contributed by atoms with Gasteiger partial charge in [0.05, 0.1) is 0 Å². The fourth-order valence-corrected chi connectivity index (χ4v) is 3.04. The summed E-state index contributed by atoms with van der Waals surface area (Å²) in [5.74, 6) is -1.22. The molecule has 2 aromatic carbocycles. The minimum absolute atomic E-state index is 0.0945. The number of carbonyl (C=O) groups excluding carboxylic acids is 3. The van der Waals surface area contributed by atoms with Crippen molar-refractivity contribution in [2.45, 2.75) is 51.6 Å². The van der Waals surface area contributed by atoms with Gasteiger partial charge in [-0.3, -0.25) is 14.4 Å². The standard InChI is InChI=1S/C26H32O7/c1-21(27)32-20-33-24(18-30-25(28)16-8-14-22-10-4-2-5-11-22)19-31-26(29)17-9-15-23-12-6-3-7-13-23/h2-7,10-13,24H,8-9,14-20H2,1H3. The first-order chi connectivity index (χ1) is 16.0. The third kappa shape index (κ3) is 12.4. The maximum atomic E-state index is 12.1. The van der Waals surface area contributed by atoms with Crippen LogP contribution >= 0.6 is 0 Å². The maximum absolute atomic E-state index is 12.1. The first-order valence-corrected chi connectivity index (χ1v) is 11.2. The van der Waals surface area contributed by atoms with E-state index in [1.165, 1.54) is 6.92 Å². The van der Waals surface area contributed by atoms with Crippen LogP contribution in [0.25, 0.3) is 0 Å². The molecular weight excluding hydrogens is 424 g/mol. The van der Waals surface area contributed by atoms with Crippen molar-refractivity contribution < 1.29 is 33.3 Å². The highest BCUT2D eigenvalue weighted by atomic mass is 16.7. The molecule has 0 fully saturated rings. The van der Waals surface area contributed by atoms with Gasteiger partial charge in [-0.2, -0.15) is 0 Å². The topological polar surface area (TPSA) is 88.1 Å². The molecule has 0 saturated carbocycles. The molecule has 0 atom stereocenters. The van der Waals surface area contributed by atoms with Crippen molar-refractivity contribution in [3.63, 3.8) is 0 Å². The van der Waals surface area contributed by atoms with E-state index in [4.69, 9.17) is 18.9 Å². The second-order valence-electron chi connectivity index (χ2n) is 7.59. The van der Waals surface area contributed by atoms with Crippen LogP contribution in [0.15, 0.2) is 60.7 Å². The summed E-state index contributed by atoms with van der Waals surface area (Å²) in [5.41, 5.74) is 2.32. The van der Waals surface area contributed by atoms with E-state index in [1.807, 2.05) is 60.7 Å². The molecule has 0 spiro atoms. The van der Waals surface area contributed by atoms with Crippen molar-refractivity contribution in [1.82, 2.24) is 0 Å². The fourth-order valence-electron chi connectivity index (χ4n) is 3.04. The fraction of sp³-hybridized carbons (Fsp3) is 0.423. The Morgan fingerprint density at radius 3 is 1.58 bits per heavy atom. The van der Waals surface area contributed by atoms with Crippen molar-refractivity contribution in [3.05, 3.63) is 71.8 Å². The smallest absolute Gasteiger partial charge is 0.305 e. The molecule has 33 heavy (non-hydrogen) atoms. The third-order valence-electron chi connectivity index (χ3n) is 4.80. The molecule has 0 aliphatic rings. The Kier molecular flexibility index (Phi) is 12.3. The van der Waals surface area contributed by atoms with Gasteiger partial charge in [0.15, 0.2) is 6.79 Å². The van der Waals surface area contributed by atoms with Gasteiger partial charge >= 0.3 is 17.9 Å².